The van der Waals surface area contributed by atoms with Crippen molar-refractivity contribution in [1.82, 2.24) is 14.9 Å². The van der Waals surface area contributed by atoms with Gasteiger partial charge in [0.25, 0.3) is 5.91 Å². The maximum atomic E-state index is 13.6. The molecule has 8 heteroatoms. The van der Waals surface area contributed by atoms with E-state index >= 15 is 0 Å². The van der Waals surface area contributed by atoms with E-state index in [1.165, 1.54) is 29.2 Å². The number of aromatic nitrogens is 2. The van der Waals surface area contributed by atoms with E-state index in [1.54, 1.807) is 17.5 Å². The molecule has 1 aromatic heterocycles. The van der Waals surface area contributed by atoms with Crippen molar-refractivity contribution >= 4 is 29.0 Å². The molecular weight excluding hydrogens is 415 g/mol. The molecule has 0 saturated carbocycles. The summed E-state index contributed by atoms with van der Waals surface area (Å²) < 4.78 is 17.4. The zero-order valence-corrected chi connectivity index (χ0v) is 18.7. The Labute approximate surface area is 185 Å². The van der Waals surface area contributed by atoms with Gasteiger partial charge < -0.3 is 5.32 Å². The maximum Gasteiger partial charge on any atom is 0.280 e. The molecule has 0 aliphatic rings. The number of amides is 2. The molecule has 0 aliphatic carbocycles. The van der Waals surface area contributed by atoms with E-state index in [0.29, 0.717) is 17.7 Å². The van der Waals surface area contributed by atoms with Crippen LogP contribution in [0.15, 0.2) is 53.9 Å². The largest absolute Gasteiger partial charge is 0.349 e. The molecule has 0 spiro atoms. The number of halogens is 1. The van der Waals surface area contributed by atoms with Crippen LogP contribution in [0, 0.1) is 12.7 Å². The quantitative estimate of drug-likeness (QED) is 0.579. The summed E-state index contributed by atoms with van der Waals surface area (Å²) in [4.78, 5) is 28.4. The van der Waals surface area contributed by atoms with Gasteiger partial charge in [0.05, 0.1) is 0 Å². The number of carbonyl (C=O) groups is 2. The van der Waals surface area contributed by atoms with Crippen LogP contribution in [-0.2, 0) is 4.79 Å². The van der Waals surface area contributed by atoms with Crippen LogP contribution in [0.2, 0.25) is 0 Å². The highest BCUT2D eigenvalue weighted by Crippen LogP contribution is 2.31. The Bertz CT molecular complexity index is 1030. The lowest BCUT2D eigenvalue weighted by molar-refractivity contribution is -0.124. The molecular formula is C23H25FN4O2S. The van der Waals surface area contributed by atoms with Gasteiger partial charge in [-0.25, -0.2) is 4.39 Å². The minimum atomic E-state index is -1.02. The van der Waals surface area contributed by atoms with Crippen molar-refractivity contribution in [3.63, 3.8) is 0 Å². The van der Waals surface area contributed by atoms with Crippen molar-refractivity contribution in [3.05, 3.63) is 76.5 Å². The van der Waals surface area contributed by atoms with Crippen LogP contribution in [-0.4, -0.2) is 26.9 Å². The Morgan fingerprint density at radius 3 is 2.32 bits per heavy atom. The van der Waals surface area contributed by atoms with Gasteiger partial charge in [0, 0.05) is 16.6 Å². The lowest BCUT2D eigenvalue weighted by Crippen LogP contribution is -2.50. The van der Waals surface area contributed by atoms with E-state index in [1.807, 2.05) is 39.8 Å². The summed E-state index contributed by atoms with van der Waals surface area (Å²) in [5.74, 6) is -1.25. The molecule has 3 aromatic rings. The van der Waals surface area contributed by atoms with Crippen molar-refractivity contribution in [1.29, 1.82) is 0 Å². The first kappa shape index (κ1) is 22.6. The Morgan fingerprint density at radius 2 is 1.77 bits per heavy atom. The lowest BCUT2D eigenvalue weighted by Gasteiger charge is -2.34. The highest BCUT2D eigenvalue weighted by atomic mass is 32.1. The van der Waals surface area contributed by atoms with E-state index in [9.17, 15) is 14.0 Å². The van der Waals surface area contributed by atoms with E-state index in [2.05, 4.69) is 14.9 Å². The number of nitrogens with zero attached hydrogens (tertiary/aromatic N) is 3. The number of hydrogen-bond acceptors (Lipinski definition) is 5. The number of hydrogen-bond donors (Lipinski definition) is 1. The van der Waals surface area contributed by atoms with Crippen molar-refractivity contribution < 1.29 is 14.0 Å². The highest BCUT2D eigenvalue weighted by Gasteiger charge is 2.36. The third-order valence-corrected chi connectivity index (χ3v) is 5.65. The second-order valence-corrected chi connectivity index (χ2v) is 8.59. The van der Waals surface area contributed by atoms with Crippen LogP contribution in [0.5, 0.6) is 0 Å². The molecule has 2 aromatic carbocycles. The van der Waals surface area contributed by atoms with Gasteiger partial charge in [-0.15, -0.1) is 5.10 Å². The summed E-state index contributed by atoms with van der Waals surface area (Å²) in [6, 6.07) is 11.9. The van der Waals surface area contributed by atoms with Crippen LogP contribution >= 0.6 is 11.5 Å². The maximum absolute atomic E-state index is 13.6. The molecule has 1 heterocycles. The van der Waals surface area contributed by atoms with Crippen molar-refractivity contribution in [2.45, 2.75) is 45.7 Å². The first-order chi connectivity index (χ1) is 14.7. The summed E-state index contributed by atoms with van der Waals surface area (Å²) in [5, 5.41) is 8.47. The molecule has 0 fully saturated rings. The van der Waals surface area contributed by atoms with E-state index in [0.717, 1.165) is 17.1 Å². The summed E-state index contributed by atoms with van der Waals surface area (Å²) >= 11 is 1.06. The Kier molecular flexibility index (Phi) is 6.80. The number of anilines is 1. The fourth-order valence-corrected chi connectivity index (χ4v) is 3.45. The molecule has 2 amide bonds. The predicted molar refractivity (Wildman–Crippen MR) is 120 cm³/mol. The van der Waals surface area contributed by atoms with Gasteiger partial charge in [0.1, 0.15) is 11.9 Å². The van der Waals surface area contributed by atoms with Gasteiger partial charge in [0.2, 0.25) is 5.91 Å². The number of carbonyl (C=O) groups excluding carboxylic acids is 2. The fraction of sp³-hybridized carbons (Fsp3) is 0.304. The Morgan fingerprint density at radius 1 is 1.13 bits per heavy atom. The van der Waals surface area contributed by atoms with E-state index < -0.39 is 23.3 Å². The van der Waals surface area contributed by atoms with Crippen LogP contribution in [0.4, 0.5) is 10.1 Å². The second kappa shape index (κ2) is 9.34. The third kappa shape index (κ3) is 5.32. The standard InChI is InChI=1S/C23H25FN4O2S/c1-5-23(3,4)25-21(29)20(16-8-10-17(24)11-9-16)28(18-12-6-15(2)7-13-18)22(30)19-14-31-27-26-19/h6-14,20H,5H2,1-4H3,(H,25,29)/t20-/m0/s1. The summed E-state index contributed by atoms with van der Waals surface area (Å²) in [5.41, 5.74) is 1.69. The van der Waals surface area contributed by atoms with Crippen molar-refractivity contribution in [2.75, 3.05) is 4.90 Å². The molecule has 0 radical (unpaired) electrons. The predicted octanol–water partition coefficient (Wildman–Crippen LogP) is 4.68. The molecule has 1 N–H and O–H groups in total. The monoisotopic (exact) mass is 440 g/mol. The first-order valence-corrected chi connectivity index (χ1v) is 10.8. The summed E-state index contributed by atoms with van der Waals surface area (Å²) in [6.07, 6.45) is 0.698. The molecule has 1 atom stereocenters. The SMILES string of the molecule is CCC(C)(C)NC(=O)[C@H](c1ccc(F)cc1)N(C(=O)c1csnn1)c1ccc(C)cc1. The van der Waals surface area contributed by atoms with Gasteiger partial charge in [0.15, 0.2) is 5.69 Å². The molecule has 0 unspecified atom stereocenters. The summed E-state index contributed by atoms with van der Waals surface area (Å²) in [7, 11) is 0. The van der Waals surface area contributed by atoms with Gasteiger partial charge in [-0.05, 0) is 68.6 Å². The van der Waals surface area contributed by atoms with Gasteiger partial charge in [-0.1, -0.05) is 41.2 Å². The Hall–Kier alpha value is -3.13. The first-order valence-electron chi connectivity index (χ1n) is 9.96. The zero-order chi connectivity index (χ0) is 22.6. The van der Waals surface area contributed by atoms with Gasteiger partial charge >= 0.3 is 0 Å². The topological polar surface area (TPSA) is 75.2 Å². The van der Waals surface area contributed by atoms with Crippen LogP contribution in [0.1, 0.15) is 54.8 Å². The average Bonchev–Trinajstić information content (AvgIpc) is 3.28. The number of aryl methyl sites for hydroxylation is 1. The average molecular weight is 441 g/mol. The van der Waals surface area contributed by atoms with E-state index in [-0.39, 0.29) is 11.6 Å². The molecule has 162 valence electrons. The minimum absolute atomic E-state index is 0.139. The number of nitrogens with one attached hydrogen (secondary N) is 1. The third-order valence-electron chi connectivity index (χ3n) is 5.15. The Balaban J connectivity index is 2.15. The van der Waals surface area contributed by atoms with Crippen LogP contribution in [0.3, 0.4) is 0 Å². The number of rotatable bonds is 7. The molecule has 0 aliphatic heterocycles. The molecule has 0 bridgehead atoms. The summed E-state index contributed by atoms with van der Waals surface area (Å²) in [6.45, 7) is 7.73. The van der Waals surface area contributed by atoms with Crippen molar-refractivity contribution in [2.24, 2.45) is 0 Å². The smallest absolute Gasteiger partial charge is 0.280 e. The molecule has 31 heavy (non-hydrogen) atoms. The van der Waals surface area contributed by atoms with Gasteiger partial charge in [-0.2, -0.15) is 0 Å². The van der Waals surface area contributed by atoms with Gasteiger partial charge in [-0.3, -0.25) is 14.5 Å². The second-order valence-electron chi connectivity index (χ2n) is 7.98. The minimum Gasteiger partial charge on any atom is -0.349 e. The highest BCUT2D eigenvalue weighted by molar-refractivity contribution is 7.03. The van der Waals surface area contributed by atoms with Crippen LogP contribution in [0.25, 0.3) is 0 Å². The lowest BCUT2D eigenvalue weighted by atomic mass is 9.98. The zero-order valence-electron chi connectivity index (χ0n) is 17.9. The number of benzene rings is 2. The molecule has 0 saturated heterocycles. The molecule has 6 nitrogen and oxygen atoms in total. The fourth-order valence-electron chi connectivity index (χ4n) is 3.02. The molecule has 3 rings (SSSR count). The van der Waals surface area contributed by atoms with Crippen molar-refractivity contribution in [3.8, 4) is 0 Å². The van der Waals surface area contributed by atoms with E-state index in [4.69, 9.17) is 0 Å². The van der Waals surface area contributed by atoms with Crippen LogP contribution < -0.4 is 10.2 Å². The normalized spacial score (nSPS) is 12.3.